The lowest BCUT2D eigenvalue weighted by Crippen LogP contribution is -2.17. The zero-order valence-electron chi connectivity index (χ0n) is 8.78. The minimum absolute atomic E-state index is 0.188. The number of hydrogen-bond acceptors (Lipinski definition) is 1. The molecule has 4 heteroatoms. The topological polar surface area (TPSA) is 48.8 Å². The quantitative estimate of drug-likeness (QED) is 0.268. The molecule has 0 radical (unpaired) electrons. The van der Waals surface area contributed by atoms with Crippen molar-refractivity contribution >= 4 is 9.24 Å². The molecule has 80 valence electrons. The predicted octanol–water partition coefficient (Wildman–Crippen LogP) is 4.39. The highest BCUT2D eigenvalue weighted by Gasteiger charge is 2.22. The third kappa shape index (κ3) is 4.30. The van der Waals surface area contributed by atoms with Crippen LogP contribution in [0.25, 0.3) is 10.4 Å². The smallest absolute Gasteiger partial charge is 0.0632 e. The van der Waals surface area contributed by atoms with Gasteiger partial charge in [0.2, 0.25) is 0 Å². The molecule has 1 atom stereocenters. The Morgan fingerprint density at radius 3 is 1.79 bits per heavy atom. The van der Waals surface area contributed by atoms with Gasteiger partial charge in [-0.2, -0.15) is 0 Å². The van der Waals surface area contributed by atoms with Crippen LogP contribution in [0.5, 0.6) is 0 Å². The van der Waals surface area contributed by atoms with Crippen molar-refractivity contribution < 1.29 is 0 Å². The maximum Gasteiger partial charge on any atom is 0.0632 e. The predicted molar refractivity (Wildman–Crippen MR) is 63.1 cm³/mol. The third-order valence-corrected chi connectivity index (χ3v) is 3.66. The molecule has 0 bridgehead atoms. The Morgan fingerprint density at radius 2 is 1.36 bits per heavy atom. The van der Waals surface area contributed by atoms with Gasteiger partial charge in [0.05, 0.1) is 5.28 Å². The van der Waals surface area contributed by atoms with E-state index >= 15 is 0 Å². The largest absolute Gasteiger partial charge is 0.125 e. The van der Waals surface area contributed by atoms with Crippen LogP contribution in [0.1, 0.15) is 57.8 Å². The van der Waals surface area contributed by atoms with Crippen molar-refractivity contribution in [2.75, 3.05) is 0 Å². The number of rotatable bonds is 1. The lowest BCUT2D eigenvalue weighted by atomic mass is 9.97. The van der Waals surface area contributed by atoms with Gasteiger partial charge in [0, 0.05) is 4.91 Å². The maximum atomic E-state index is 8.52. The van der Waals surface area contributed by atoms with Crippen molar-refractivity contribution in [3.05, 3.63) is 10.4 Å². The van der Waals surface area contributed by atoms with Crippen molar-refractivity contribution in [3.8, 4) is 0 Å². The summed E-state index contributed by atoms with van der Waals surface area (Å²) < 4.78 is 0. The first-order valence-electron chi connectivity index (χ1n) is 5.62. The molecule has 1 saturated carbocycles. The van der Waals surface area contributed by atoms with Gasteiger partial charge in [0.1, 0.15) is 0 Å². The number of hydrogen-bond donors (Lipinski definition) is 0. The van der Waals surface area contributed by atoms with Crippen molar-refractivity contribution in [3.63, 3.8) is 0 Å². The van der Waals surface area contributed by atoms with E-state index in [0.29, 0.717) is 0 Å². The van der Waals surface area contributed by atoms with Crippen molar-refractivity contribution in [2.45, 2.75) is 63.1 Å². The summed E-state index contributed by atoms with van der Waals surface area (Å²) >= 11 is 0. The molecule has 0 saturated heterocycles. The third-order valence-electron chi connectivity index (χ3n) is 2.96. The normalized spacial score (nSPS) is 23.5. The lowest BCUT2D eigenvalue weighted by molar-refractivity contribution is 0.431. The van der Waals surface area contributed by atoms with Crippen molar-refractivity contribution in [1.82, 2.24) is 0 Å². The van der Waals surface area contributed by atoms with E-state index < -0.39 is 0 Å². The van der Waals surface area contributed by atoms with E-state index in [1.165, 1.54) is 44.9 Å². The molecule has 1 aliphatic carbocycles. The van der Waals surface area contributed by atoms with E-state index in [9.17, 15) is 0 Å². The highest BCUT2D eigenvalue weighted by atomic mass is 31.0. The summed E-state index contributed by atoms with van der Waals surface area (Å²) in [7, 11) is 2.76. The second kappa shape index (κ2) is 6.27. The van der Waals surface area contributed by atoms with Crippen LogP contribution in [0.15, 0.2) is 5.11 Å². The van der Waals surface area contributed by atoms with Crippen LogP contribution in [0.3, 0.4) is 0 Å². The summed E-state index contributed by atoms with van der Waals surface area (Å²) in [5, 5.41) is 3.74. The lowest BCUT2D eigenvalue weighted by Gasteiger charge is -2.24. The molecule has 3 nitrogen and oxygen atoms in total. The van der Waals surface area contributed by atoms with Gasteiger partial charge in [-0.25, -0.2) is 0 Å². The van der Waals surface area contributed by atoms with Gasteiger partial charge < -0.3 is 0 Å². The summed E-state index contributed by atoms with van der Waals surface area (Å²) in [6, 6.07) is 0. The highest BCUT2D eigenvalue weighted by Crippen LogP contribution is 2.34. The first-order chi connectivity index (χ1) is 6.77. The maximum absolute atomic E-state index is 8.52. The minimum atomic E-state index is -0.188. The molecule has 1 aliphatic rings. The molecular formula is C10H20N3P. The van der Waals surface area contributed by atoms with Gasteiger partial charge in [-0.1, -0.05) is 50.1 Å². The Bertz CT molecular complexity index is 201. The average Bonchev–Trinajstić information content (AvgIpc) is 2.16. The molecule has 0 aliphatic heterocycles. The summed E-state index contributed by atoms with van der Waals surface area (Å²) in [6.45, 7) is 0. The Labute approximate surface area is 88.5 Å². The number of azide groups is 1. The zero-order valence-corrected chi connectivity index (χ0v) is 9.94. The Kier molecular flexibility index (Phi) is 5.29. The Hall–Kier alpha value is -0.260. The molecule has 1 fully saturated rings. The molecule has 14 heavy (non-hydrogen) atoms. The summed E-state index contributed by atoms with van der Waals surface area (Å²) in [6.07, 6.45) is 11.1. The van der Waals surface area contributed by atoms with Crippen LogP contribution in [0.4, 0.5) is 0 Å². The van der Waals surface area contributed by atoms with Crippen molar-refractivity contribution in [2.24, 2.45) is 5.11 Å². The van der Waals surface area contributed by atoms with Gasteiger partial charge in [-0.05, 0) is 18.4 Å². The standard InChI is InChI=1S/C10H20N3P/c11-13-12-10(14)8-6-4-2-1-3-5-7-9-10/h1-9,14H2. The SMILES string of the molecule is [N-]=[N+]=NC1(P)CCCCCCCCC1. The van der Waals surface area contributed by atoms with E-state index in [0.717, 1.165) is 12.8 Å². The van der Waals surface area contributed by atoms with Gasteiger partial charge >= 0.3 is 0 Å². The Morgan fingerprint density at radius 1 is 0.929 bits per heavy atom. The van der Waals surface area contributed by atoms with E-state index in [1.807, 2.05) is 0 Å². The second-order valence-electron chi connectivity index (χ2n) is 4.27. The van der Waals surface area contributed by atoms with E-state index in [-0.39, 0.29) is 5.28 Å². The van der Waals surface area contributed by atoms with E-state index in [1.54, 1.807) is 0 Å². The Balaban J connectivity index is 2.49. The fraction of sp³-hybridized carbons (Fsp3) is 1.00. The minimum Gasteiger partial charge on any atom is -0.125 e. The van der Waals surface area contributed by atoms with Gasteiger partial charge in [-0.3, -0.25) is 0 Å². The van der Waals surface area contributed by atoms with Crippen LogP contribution in [0.2, 0.25) is 0 Å². The molecule has 0 amide bonds. The van der Waals surface area contributed by atoms with Crippen LogP contribution in [-0.2, 0) is 0 Å². The molecule has 0 heterocycles. The second-order valence-corrected chi connectivity index (χ2v) is 5.34. The van der Waals surface area contributed by atoms with Crippen LogP contribution in [0, 0.1) is 0 Å². The molecule has 0 spiro atoms. The van der Waals surface area contributed by atoms with Crippen LogP contribution < -0.4 is 0 Å². The van der Waals surface area contributed by atoms with Gasteiger partial charge in [0.15, 0.2) is 0 Å². The molecule has 1 unspecified atom stereocenters. The molecule has 1 rings (SSSR count). The fourth-order valence-corrected chi connectivity index (χ4v) is 2.52. The summed E-state index contributed by atoms with van der Waals surface area (Å²) in [4.78, 5) is 2.96. The summed E-state index contributed by atoms with van der Waals surface area (Å²) in [5.41, 5.74) is 8.52. The average molecular weight is 213 g/mol. The van der Waals surface area contributed by atoms with Crippen LogP contribution >= 0.6 is 9.24 Å². The number of nitrogens with zero attached hydrogens (tertiary/aromatic N) is 3. The monoisotopic (exact) mass is 213 g/mol. The zero-order chi connectivity index (χ0) is 10.3. The summed E-state index contributed by atoms with van der Waals surface area (Å²) in [5.74, 6) is 0. The molecule has 0 aromatic rings. The highest BCUT2D eigenvalue weighted by molar-refractivity contribution is 7.18. The first kappa shape index (κ1) is 11.8. The first-order valence-corrected chi connectivity index (χ1v) is 6.20. The van der Waals surface area contributed by atoms with Gasteiger partial charge in [-0.15, -0.1) is 9.24 Å². The molecule has 0 aromatic heterocycles. The molecule has 0 aromatic carbocycles. The fourth-order valence-electron chi connectivity index (χ4n) is 2.06. The van der Waals surface area contributed by atoms with Crippen LogP contribution in [-0.4, -0.2) is 5.28 Å². The molecule has 0 N–H and O–H groups in total. The van der Waals surface area contributed by atoms with Gasteiger partial charge in [0.25, 0.3) is 0 Å². The van der Waals surface area contributed by atoms with E-state index in [4.69, 9.17) is 5.53 Å². The molecular weight excluding hydrogens is 193 g/mol. The van der Waals surface area contributed by atoms with Crippen molar-refractivity contribution in [1.29, 1.82) is 0 Å². The van der Waals surface area contributed by atoms with E-state index in [2.05, 4.69) is 19.3 Å².